The number of hydrogen-bond acceptors (Lipinski definition) is 3. The first-order valence-corrected chi connectivity index (χ1v) is 7.06. The Morgan fingerprint density at radius 1 is 1.53 bits per heavy atom. The minimum absolute atomic E-state index is 0.00528. The van der Waals surface area contributed by atoms with E-state index in [0.717, 1.165) is 23.2 Å². The number of ether oxygens (including phenoxy) is 2. The summed E-state index contributed by atoms with van der Waals surface area (Å²) in [5.74, 6) is 0.725. The van der Waals surface area contributed by atoms with Crippen LogP contribution in [0.4, 0.5) is 0 Å². The van der Waals surface area contributed by atoms with E-state index in [9.17, 15) is 4.79 Å². The monoisotopic (exact) mass is 327 g/mol. The lowest BCUT2D eigenvalue weighted by Gasteiger charge is -2.27. The second kappa shape index (κ2) is 5.92. The van der Waals surface area contributed by atoms with E-state index in [1.54, 1.807) is 30.2 Å². The topological polar surface area (TPSA) is 38.8 Å². The average Bonchev–Trinajstić information content (AvgIpc) is 2.83. The van der Waals surface area contributed by atoms with E-state index in [-0.39, 0.29) is 18.1 Å². The van der Waals surface area contributed by atoms with Crippen LogP contribution in [0.1, 0.15) is 23.7 Å². The van der Waals surface area contributed by atoms with Crippen LogP contribution < -0.4 is 4.74 Å². The van der Waals surface area contributed by atoms with Crippen molar-refractivity contribution in [2.45, 2.75) is 25.5 Å². The molecule has 1 heterocycles. The van der Waals surface area contributed by atoms with Crippen molar-refractivity contribution in [2.24, 2.45) is 0 Å². The third kappa shape index (κ3) is 2.92. The van der Waals surface area contributed by atoms with E-state index in [1.165, 1.54) is 0 Å². The molecule has 0 spiro atoms. The summed E-state index contributed by atoms with van der Waals surface area (Å²) in [4.78, 5) is 14.2. The van der Waals surface area contributed by atoms with Gasteiger partial charge in [-0.3, -0.25) is 4.79 Å². The molecule has 0 saturated carbocycles. The predicted molar refractivity (Wildman–Crippen MR) is 76.6 cm³/mol. The molecule has 1 aromatic carbocycles. The summed E-state index contributed by atoms with van der Waals surface area (Å²) >= 11 is 3.40. The lowest BCUT2D eigenvalue weighted by molar-refractivity contribution is 0.0574. The third-order valence-electron chi connectivity index (χ3n) is 3.55. The number of benzene rings is 1. The molecule has 104 valence electrons. The largest absolute Gasteiger partial charge is 0.496 e. The van der Waals surface area contributed by atoms with Gasteiger partial charge in [-0.1, -0.05) is 0 Å². The van der Waals surface area contributed by atoms with E-state index in [1.807, 2.05) is 14.0 Å². The van der Waals surface area contributed by atoms with Gasteiger partial charge in [-0.05, 0) is 47.5 Å². The second-order valence-electron chi connectivity index (χ2n) is 4.70. The minimum Gasteiger partial charge on any atom is -0.496 e. The van der Waals surface area contributed by atoms with Crippen LogP contribution in [0, 0.1) is 0 Å². The highest BCUT2D eigenvalue weighted by molar-refractivity contribution is 9.10. The number of likely N-dealkylation sites (N-methyl/N-ethyl adjacent to an activating group) is 1. The van der Waals surface area contributed by atoms with E-state index in [4.69, 9.17) is 9.47 Å². The van der Waals surface area contributed by atoms with Crippen molar-refractivity contribution in [2.75, 3.05) is 20.8 Å². The van der Waals surface area contributed by atoms with Crippen molar-refractivity contribution in [3.8, 4) is 5.75 Å². The molecule has 2 rings (SSSR count). The summed E-state index contributed by atoms with van der Waals surface area (Å²) in [7, 11) is 3.43. The normalized spacial score (nSPS) is 22.3. The Morgan fingerprint density at radius 2 is 2.26 bits per heavy atom. The van der Waals surface area contributed by atoms with Gasteiger partial charge < -0.3 is 14.4 Å². The Bertz CT molecular complexity index is 478. The zero-order valence-corrected chi connectivity index (χ0v) is 12.9. The Kier molecular flexibility index (Phi) is 4.47. The maximum atomic E-state index is 12.4. The molecular formula is C14H18BrNO3. The predicted octanol–water partition coefficient (Wildman–Crippen LogP) is 2.71. The summed E-state index contributed by atoms with van der Waals surface area (Å²) in [6, 6.07) is 5.51. The summed E-state index contributed by atoms with van der Waals surface area (Å²) < 4.78 is 11.5. The van der Waals surface area contributed by atoms with E-state index in [0.29, 0.717) is 5.56 Å². The van der Waals surface area contributed by atoms with Crippen LogP contribution >= 0.6 is 15.9 Å². The highest BCUT2D eigenvalue weighted by Gasteiger charge is 2.31. The first-order valence-electron chi connectivity index (χ1n) is 6.27. The minimum atomic E-state index is 0.00528. The molecule has 1 amide bonds. The van der Waals surface area contributed by atoms with Gasteiger partial charge in [-0.25, -0.2) is 0 Å². The molecule has 0 N–H and O–H groups in total. The van der Waals surface area contributed by atoms with E-state index in [2.05, 4.69) is 15.9 Å². The summed E-state index contributed by atoms with van der Waals surface area (Å²) in [5, 5.41) is 0. The molecule has 1 fully saturated rings. The first-order chi connectivity index (χ1) is 9.04. The molecule has 0 aromatic heterocycles. The standard InChI is InChI=1S/C14H18BrNO3/c1-9-12(6-7-19-9)16(2)14(17)10-4-5-13(18-3)11(15)8-10/h4-5,8-9,12H,6-7H2,1-3H3. The van der Waals surface area contributed by atoms with Crippen molar-refractivity contribution in [1.82, 2.24) is 4.90 Å². The highest BCUT2D eigenvalue weighted by Crippen LogP contribution is 2.27. The van der Waals surface area contributed by atoms with Crippen molar-refractivity contribution in [1.29, 1.82) is 0 Å². The summed E-state index contributed by atoms with van der Waals surface area (Å²) in [6.45, 7) is 2.72. The number of carbonyl (C=O) groups excluding carboxylic acids is 1. The smallest absolute Gasteiger partial charge is 0.253 e. The lowest BCUT2D eigenvalue weighted by atomic mass is 10.1. The van der Waals surface area contributed by atoms with Gasteiger partial charge in [0.2, 0.25) is 0 Å². The highest BCUT2D eigenvalue weighted by atomic mass is 79.9. The van der Waals surface area contributed by atoms with Crippen molar-refractivity contribution in [3.63, 3.8) is 0 Å². The molecule has 5 heteroatoms. The first kappa shape index (κ1) is 14.3. The van der Waals surface area contributed by atoms with Crippen molar-refractivity contribution >= 4 is 21.8 Å². The number of amides is 1. The average molecular weight is 328 g/mol. The molecule has 1 saturated heterocycles. The van der Waals surface area contributed by atoms with Crippen molar-refractivity contribution < 1.29 is 14.3 Å². The lowest BCUT2D eigenvalue weighted by Crippen LogP contribution is -2.41. The van der Waals surface area contributed by atoms with Gasteiger partial charge in [-0.15, -0.1) is 0 Å². The molecule has 1 aliphatic rings. The van der Waals surface area contributed by atoms with Gasteiger partial charge in [0.05, 0.1) is 23.7 Å². The SMILES string of the molecule is COc1ccc(C(=O)N(C)C2CCOC2C)cc1Br. The maximum absolute atomic E-state index is 12.4. The van der Waals surface area contributed by atoms with Crippen LogP contribution in [0.25, 0.3) is 0 Å². The Labute approximate surface area is 121 Å². The van der Waals surface area contributed by atoms with Crippen LogP contribution in [0.15, 0.2) is 22.7 Å². The van der Waals surface area contributed by atoms with Crippen molar-refractivity contribution in [3.05, 3.63) is 28.2 Å². The molecule has 2 unspecified atom stereocenters. The fourth-order valence-corrected chi connectivity index (χ4v) is 2.92. The van der Waals surface area contributed by atoms with Crippen LogP contribution in [0.2, 0.25) is 0 Å². The van der Waals surface area contributed by atoms with Gasteiger partial charge in [0.25, 0.3) is 5.91 Å². The van der Waals surface area contributed by atoms with Crippen LogP contribution in [-0.4, -0.2) is 43.7 Å². The Hall–Kier alpha value is -1.07. The summed E-state index contributed by atoms with van der Waals surface area (Å²) in [5.41, 5.74) is 0.647. The number of halogens is 1. The molecular weight excluding hydrogens is 310 g/mol. The fraction of sp³-hybridized carbons (Fsp3) is 0.500. The van der Waals surface area contributed by atoms with Crippen LogP contribution in [0.3, 0.4) is 0 Å². The maximum Gasteiger partial charge on any atom is 0.253 e. The van der Waals surface area contributed by atoms with E-state index < -0.39 is 0 Å². The van der Waals surface area contributed by atoms with E-state index >= 15 is 0 Å². The fourth-order valence-electron chi connectivity index (χ4n) is 2.38. The van der Waals surface area contributed by atoms with Gasteiger partial charge in [0.1, 0.15) is 5.75 Å². The molecule has 0 aliphatic carbocycles. The van der Waals surface area contributed by atoms with Gasteiger partial charge in [0, 0.05) is 19.2 Å². The zero-order chi connectivity index (χ0) is 14.0. The molecule has 0 radical (unpaired) electrons. The molecule has 19 heavy (non-hydrogen) atoms. The second-order valence-corrected chi connectivity index (χ2v) is 5.55. The third-order valence-corrected chi connectivity index (χ3v) is 4.17. The number of nitrogens with zero attached hydrogens (tertiary/aromatic N) is 1. The number of carbonyl (C=O) groups is 1. The van der Waals surface area contributed by atoms with Gasteiger partial charge in [0.15, 0.2) is 0 Å². The summed E-state index contributed by atoms with van der Waals surface area (Å²) in [6.07, 6.45) is 0.983. The quantitative estimate of drug-likeness (QED) is 0.856. The van der Waals surface area contributed by atoms with Gasteiger partial charge >= 0.3 is 0 Å². The number of methoxy groups -OCH3 is 1. The molecule has 4 nitrogen and oxygen atoms in total. The molecule has 1 aliphatic heterocycles. The molecule has 0 bridgehead atoms. The Balaban J connectivity index is 2.17. The Morgan fingerprint density at radius 3 is 2.79 bits per heavy atom. The van der Waals surface area contributed by atoms with Gasteiger partial charge in [-0.2, -0.15) is 0 Å². The number of hydrogen-bond donors (Lipinski definition) is 0. The van der Waals surface area contributed by atoms with Crippen LogP contribution in [-0.2, 0) is 4.74 Å². The van der Waals surface area contributed by atoms with Crippen LogP contribution in [0.5, 0.6) is 5.75 Å². The zero-order valence-electron chi connectivity index (χ0n) is 11.4. The molecule has 2 atom stereocenters. The molecule has 1 aromatic rings. The number of rotatable bonds is 3.